The molecule has 0 aromatic rings. The summed E-state index contributed by atoms with van der Waals surface area (Å²) >= 11 is 0. The summed E-state index contributed by atoms with van der Waals surface area (Å²) in [5.41, 5.74) is 0. The normalized spacial score (nSPS) is 34.4. The zero-order valence-electron chi connectivity index (χ0n) is 11.5. The fourth-order valence-corrected chi connectivity index (χ4v) is 3.38. The van der Waals surface area contributed by atoms with Crippen LogP contribution < -0.4 is 15.5 Å². The molecule has 3 heterocycles. The number of hydrogen-bond acceptors (Lipinski definition) is 1. The monoisotopic (exact) mass is 252 g/mol. The molecule has 0 spiro atoms. The summed E-state index contributed by atoms with van der Waals surface area (Å²) in [5.74, 6) is 1.48. The molecule has 3 aliphatic rings. The number of hydrogen-bond donors (Lipinski definition) is 3. The van der Waals surface area contributed by atoms with Crippen molar-refractivity contribution in [1.82, 2.24) is 10.6 Å². The highest BCUT2D eigenvalue weighted by Crippen LogP contribution is 2.27. The molecule has 0 radical (unpaired) electrons. The van der Waals surface area contributed by atoms with Gasteiger partial charge in [-0.2, -0.15) is 0 Å². The van der Waals surface area contributed by atoms with E-state index in [1.807, 2.05) is 13.8 Å². The number of carbonyl (C=O) groups is 1. The SMILES string of the molecule is C=C[C@H]1C[NH+]2CC[C@@H]1C[C@@H]2CNC(=O)NC(C)C. The van der Waals surface area contributed by atoms with E-state index in [4.69, 9.17) is 0 Å². The van der Waals surface area contributed by atoms with Gasteiger partial charge in [0.15, 0.2) is 0 Å². The maximum atomic E-state index is 11.6. The third-order valence-electron chi connectivity index (χ3n) is 4.34. The highest BCUT2D eigenvalue weighted by molar-refractivity contribution is 5.74. The summed E-state index contributed by atoms with van der Waals surface area (Å²) in [5, 5.41) is 5.88. The number of piperidine rings is 3. The van der Waals surface area contributed by atoms with Crippen LogP contribution in [0.5, 0.6) is 0 Å². The molecule has 18 heavy (non-hydrogen) atoms. The predicted molar refractivity (Wildman–Crippen MR) is 72.6 cm³/mol. The van der Waals surface area contributed by atoms with Crippen LogP contribution in [0.15, 0.2) is 12.7 Å². The van der Waals surface area contributed by atoms with Crippen LogP contribution in [0.25, 0.3) is 0 Å². The van der Waals surface area contributed by atoms with Gasteiger partial charge in [-0.1, -0.05) is 6.08 Å². The van der Waals surface area contributed by atoms with Gasteiger partial charge in [-0.15, -0.1) is 6.58 Å². The fourth-order valence-electron chi connectivity index (χ4n) is 3.38. The molecule has 2 bridgehead atoms. The largest absolute Gasteiger partial charge is 0.336 e. The first-order chi connectivity index (χ1) is 8.60. The van der Waals surface area contributed by atoms with Crippen LogP contribution in [0.2, 0.25) is 0 Å². The van der Waals surface area contributed by atoms with Crippen molar-refractivity contribution in [2.24, 2.45) is 11.8 Å². The highest BCUT2D eigenvalue weighted by atomic mass is 16.2. The summed E-state index contributed by atoms with van der Waals surface area (Å²) in [6.45, 7) is 11.2. The number of rotatable bonds is 4. The Morgan fingerprint density at radius 2 is 2.33 bits per heavy atom. The van der Waals surface area contributed by atoms with Gasteiger partial charge in [0.25, 0.3) is 0 Å². The first-order valence-electron chi connectivity index (χ1n) is 7.11. The molecule has 0 aliphatic carbocycles. The van der Waals surface area contributed by atoms with Gasteiger partial charge in [-0.25, -0.2) is 4.79 Å². The van der Waals surface area contributed by atoms with E-state index in [0.29, 0.717) is 12.0 Å². The predicted octanol–water partition coefficient (Wildman–Crippen LogP) is 0.173. The quantitative estimate of drug-likeness (QED) is 0.614. The van der Waals surface area contributed by atoms with E-state index in [1.54, 1.807) is 4.90 Å². The number of carbonyl (C=O) groups excluding carboxylic acids is 1. The van der Waals surface area contributed by atoms with Crippen LogP contribution in [-0.2, 0) is 0 Å². The molecule has 3 N–H and O–H groups in total. The number of quaternary nitrogens is 1. The first kappa shape index (κ1) is 13.4. The number of amides is 2. The van der Waals surface area contributed by atoms with Gasteiger partial charge < -0.3 is 15.5 Å². The molecular weight excluding hydrogens is 226 g/mol. The minimum atomic E-state index is -0.0349. The van der Waals surface area contributed by atoms with Crippen molar-refractivity contribution >= 4 is 6.03 Å². The van der Waals surface area contributed by atoms with Crippen molar-refractivity contribution in [3.8, 4) is 0 Å². The van der Waals surface area contributed by atoms with Crippen molar-refractivity contribution in [1.29, 1.82) is 0 Å². The lowest BCUT2D eigenvalue weighted by molar-refractivity contribution is -0.944. The van der Waals surface area contributed by atoms with Crippen molar-refractivity contribution in [3.63, 3.8) is 0 Å². The van der Waals surface area contributed by atoms with E-state index in [-0.39, 0.29) is 12.1 Å². The number of fused-ring (bicyclic) bond motifs is 3. The Morgan fingerprint density at radius 1 is 1.56 bits per heavy atom. The summed E-state index contributed by atoms with van der Waals surface area (Å²) < 4.78 is 0. The maximum absolute atomic E-state index is 11.6. The molecule has 4 nitrogen and oxygen atoms in total. The van der Waals surface area contributed by atoms with Crippen LogP contribution in [-0.4, -0.2) is 37.7 Å². The van der Waals surface area contributed by atoms with Crippen LogP contribution in [0.4, 0.5) is 4.79 Å². The van der Waals surface area contributed by atoms with Crippen LogP contribution in [0, 0.1) is 11.8 Å². The van der Waals surface area contributed by atoms with E-state index in [9.17, 15) is 4.79 Å². The van der Waals surface area contributed by atoms with Gasteiger partial charge in [0.2, 0.25) is 0 Å². The first-order valence-corrected chi connectivity index (χ1v) is 7.11. The Balaban J connectivity index is 1.78. The topological polar surface area (TPSA) is 45.6 Å². The lowest BCUT2D eigenvalue weighted by atomic mass is 9.75. The Morgan fingerprint density at radius 3 is 2.89 bits per heavy atom. The highest BCUT2D eigenvalue weighted by Gasteiger charge is 2.42. The fraction of sp³-hybridized carbons (Fsp3) is 0.786. The van der Waals surface area contributed by atoms with Crippen LogP contribution in [0.1, 0.15) is 26.7 Å². The Labute approximate surface area is 110 Å². The zero-order chi connectivity index (χ0) is 13.1. The number of urea groups is 1. The van der Waals surface area contributed by atoms with Gasteiger partial charge in [0, 0.05) is 24.8 Å². The molecule has 4 atom stereocenters. The van der Waals surface area contributed by atoms with E-state index >= 15 is 0 Å². The molecular formula is C14H26N3O+. The number of nitrogens with one attached hydrogen (secondary N) is 3. The van der Waals surface area contributed by atoms with E-state index < -0.39 is 0 Å². The average Bonchev–Trinajstić information content (AvgIpc) is 2.36. The summed E-state index contributed by atoms with van der Waals surface area (Å²) in [6.07, 6.45) is 4.67. The molecule has 3 aliphatic heterocycles. The van der Waals surface area contributed by atoms with E-state index in [0.717, 1.165) is 12.5 Å². The molecule has 3 fully saturated rings. The second-order valence-corrected chi connectivity index (χ2v) is 6.00. The summed E-state index contributed by atoms with van der Waals surface area (Å²) in [4.78, 5) is 13.2. The molecule has 3 rings (SSSR count). The van der Waals surface area contributed by atoms with Gasteiger partial charge in [-0.3, -0.25) is 0 Å². The van der Waals surface area contributed by atoms with Crippen LogP contribution >= 0.6 is 0 Å². The third kappa shape index (κ3) is 3.05. The van der Waals surface area contributed by atoms with E-state index in [1.165, 1.54) is 25.9 Å². The molecule has 0 aromatic heterocycles. The molecule has 2 amide bonds. The summed E-state index contributed by atoms with van der Waals surface area (Å²) in [6, 6.07) is 0.760. The van der Waals surface area contributed by atoms with Crippen molar-refractivity contribution < 1.29 is 9.69 Å². The van der Waals surface area contributed by atoms with Gasteiger partial charge in [0.05, 0.1) is 19.6 Å². The van der Waals surface area contributed by atoms with Crippen LogP contribution in [0.3, 0.4) is 0 Å². The van der Waals surface area contributed by atoms with Gasteiger partial charge in [0.1, 0.15) is 6.04 Å². The Kier molecular flexibility index (Phi) is 4.27. The molecule has 4 heteroatoms. The smallest absolute Gasteiger partial charge is 0.315 e. The Bertz CT molecular complexity index is 316. The van der Waals surface area contributed by atoms with Gasteiger partial charge >= 0.3 is 6.03 Å². The maximum Gasteiger partial charge on any atom is 0.315 e. The summed E-state index contributed by atoms with van der Waals surface area (Å²) in [7, 11) is 0. The molecule has 0 saturated carbocycles. The molecule has 102 valence electrons. The van der Waals surface area contributed by atoms with Gasteiger partial charge in [-0.05, 0) is 19.8 Å². The van der Waals surface area contributed by atoms with Crippen molar-refractivity contribution in [2.75, 3.05) is 19.6 Å². The minimum Gasteiger partial charge on any atom is -0.336 e. The second kappa shape index (κ2) is 5.74. The van der Waals surface area contributed by atoms with Crippen molar-refractivity contribution in [2.45, 2.75) is 38.8 Å². The lowest BCUT2D eigenvalue weighted by Gasteiger charge is -2.46. The third-order valence-corrected chi connectivity index (χ3v) is 4.34. The average molecular weight is 252 g/mol. The zero-order valence-corrected chi connectivity index (χ0v) is 11.5. The standard InChI is InChI=1S/C14H25N3O/c1-4-11-9-17-6-5-12(11)7-13(17)8-15-14(18)16-10(2)3/h4,10-13H,1,5-9H2,2-3H3,(H2,15,16,18)/p+1/t11-,12+,13+/m0/s1. The van der Waals surface area contributed by atoms with E-state index in [2.05, 4.69) is 23.3 Å². The molecule has 0 aromatic carbocycles. The molecule has 3 saturated heterocycles. The Hall–Kier alpha value is -1.03. The second-order valence-electron chi connectivity index (χ2n) is 6.00. The lowest BCUT2D eigenvalue weighted by Crippen LogP contribution is -3.20. The van der Waals surface area contributed by atoms with Crippen molar-refractivity contribution in [3.05, 3.63) is 12.7 Å². The molecule has 1 unspecified atom stereocenters. The minimum absolute atomic E-state index is 0.0349.